The van der Waals surface area contributed by atoms with Crippen LogP contribution in [0.15, 0.2) is 10.6 Å². The van der Waals surface area contributed by atoms with Crippen LogP contribution in [0.2, 0.25) is 0 Å². The lowest BCUT2D eigenvalue weighted by molar-refractivity contribution is 0.112. The van der Waals surface area contributed by atoms with Gasteiger partial charge in [-0.1, -0.05) is 25.9 Å². The molecule has 0 spiro atoms. The van der Waals surface area contributed by atoms with Crippen LogP contribution in [-0.2, 0) is 11.2 Å². The van der Waals surface area contributed by atoms with Gasteiger partial charge >= 0.3 is 6.09 Å². The molecule has 0 aliphatic heterocycles. The Labute approximate surface area is 109 Å². The van der Waals surface area contributed by atoms with Gasteiger partial charge in [-0.3, -0.25) is 0 Å². The van der Waals surface area contributed by atoms with Gasteiger partial charge in [-0.15, -0.1) is 0 Å². The van der Waals surface area contributed by atoms with Gasteiger partial charge < -0.3 is 14.6 Å². The van der Waals surface area contributed by atoms with E-state index in [0.717, 1.165) is 12.2 Å². The standard InChI is InChI=1S/C11H18N2O3.C2H6/c1-5-9-6-10(13-16-9)8(4)12-11(14)15-7(2)3;1-2/h6-8H,5H2,1-4H3,(H,12,14);1-2H3. The molecule has 0 saturated heterocycles. The molecule has 5 nitrogen and oxygen atoms in total. The molecule has 1 rings (SSSR count). The number of nitrogens with one attached hydrogen (secondary N) is 1. The highest BCUT2D eigenvalue weighted by atomic mass is 16.6. The Balaban J connectivity index is 0.00000137. The molecular formula is C13H24N2O3. The average molecular weight is 256 g/mol. The number of nitrogens with zero attached hydrogens (tertiary/aromatic N) is 1. The van der Waals surface area contributed by atoms with Crippen LogP contribution in [0, 0.1) is 0 Å². The Morgan fingerprint density at radius 2 is 2.06 bits per heavy atom. The molecule has 0 aromatic carbocycles. The lowest BCUT2D eigenvalue weighted by Crippen LogP contribution is -2.29. The van der Waals surface area contributed by atoms with Crippen molar-refractivity contribution in [1.82, 2.24) is 10.5 Å². The van der Waals surface area contributed by atoms with E-state index in [9.17, 15) is 4.79 Å². The minimum atomic E-state index is -0.441. The van der Waals surface area contributed by atoms with Gasteiger partial charge in [0, 0.05) is 12.5 Å². The number of hydrogen-bond donors (Lipinski definition) is 1. The van der Waals surface area contributed by atoms with Crippen molar-refractivity contribution in [3.8, 4) is 0 Å². The van der Waals surface area contributed by atoms with E-state index < -0.39 is 6.09 Å². The van der Waals surface area contributed by atoms with E-state index in [0.29, 0.717) is 5.69 Å². The van der Waals surface area contributed by atoms with E-state index in [4.69, 9.17) is 9.26 Å². The molecule has 5 heteroatoms. The van der Waals surface area contributed by atoms with Crippen LogP contribution in [0.25, 0.3) is 0 Å². The summed E-state index contributed by atoms with van der Waals surface area (Å²) in [6.45, 7) is 11.4. The maximum Gasteiger partial charge on any atom is 0.407 e. The number of aromatic nitrogens is 1. The largest absolute Gasteiger partial charge is 0.447 e. The highest BCUT2D eigenvalue weighted by molar-refractivity contribution is 5.67. The second-order valence-corrected chi connectivity index (χ2v) is 3.89. The van der Waals surface area contributed by atoms with E-state index >= 15 is 0 Å². The summed E-state index contributed by atoms with van der Waals surface area (Å²) in [6.07, 6.45) is 0.218. The Bertz CT molecular complexity index is 348. The lowest BCUT2D eigenvalue weighted by Gasteiger charge is -2.13. The van der Waals surface area contributed by atoms with Crippen molar-refractivity contribution in [2.24, 2.45) is 0 Å². The average Bonchev–Trinajstić information content (AvgIpc) is 2.79. The molecule has 0 aliphatic carbocycles. The molecule has 18 heavy (non-hydrogen) atoms. The molecule has 1 amide bonds. The van der Waals surface area contributed by atoms with Crippen LogP contribution in [0.4, 0.5) is 4.79 Å². The Morgan fingerprint density at radius 3 is 2.50 bits per heavy atom. The van der Waals surface area contributed by atoms with Crippen LogP contribution in [-0.4, -0.2) is 17.4 Å². The number of aryl methyl sites for hydroxylation is 1. The van der Waals surface area contributed by atoms with E-state index in [1.54, 1.807) is 13.8 Å². The number of ether oxygens (including phenoxy) is 1. The molecule has 0 radical (unpaired) electrons. The third-order valence-corrected chi connectivity index (χ3v) is 2.05. The molecule has 104 valence electrons. The van der Waals surface area contributed by atoms with E-state index in [2.05, 4.69) is 10.5 Å². The summed E-state index contributed by atoms with van der Waals surface area (Å²) < 4.78 is 10.0. The smallest absolute Gasteiger partial charge is 0.407 e. The number of hydrogen-bond acceptors (Lipinski definition) is 4. The predicted octanol–water partition coefficient (Wildman–Crippen LogP) is 3.46. The zero-order valence-corrected chi connectivity index (χ0v) is 12.1. The summed E-state index contributed by atoms with van der Waals surface area (Å²) in [5.74, 6) is 0.806. The second-order valence-electron chi connectivity index (χ2n) is 3.89. The first-order valence-corrected chi connectivity index (χ1v) is 6.45. The summed E-state index contributed by atoms with van der Waals surface area (Å²) in [7, 11) is 0. The van der Waals surface area contributed by atoms with Gasteiger partial charge in [0.1, 0.15) is 11.5 Å². The van der Waals surface area contributed by atoms with Gasteiger partial charge in [-0.05, 0) is 20.8 Å². The summed E-state index contributed by atoms with van der Waals surface area (Å²) in [5, 5.41) is 6.56. The van der Waals surface area contributed by atoms with Crippen molar-refractivity contribution in [2.45, 2.75) is 60.1 Å². The summed E-state index contributed by atoms with van der Waals surface area (Å²) >= 11 is 0. The Morgan fingerprint density at radius 1 is 1.44 bits per heavy atom. The molecule has 0 fully saturated rings. The molecule has 1 heterocycles. The molecule has 1 N–H and O–H groups in total. The fraction of sp³-hybridized carbons (Fsp3) is 0.692. The molecule has 1 atom stereocenters. The Hall–Kier alpha value is -1.52. The maximum atomic E-state index is 11.3. The van der Waals surface area contributed by atoms with Gasteiger partial charge in [0.15, 0.2) is 0 Å². The number of carbonyl (C=O) groups excluding carboxylic acids is 1. The van der Waals surface area contributed by atoms with E-state index in [-0.39, 0.29) is 12.1 Å². The number of amides is 1. The second kappa shape index (κ2) is 8.55. The monoisotopic (exact) mass is 256 g/mol. The normalized spacial score (nSPS) is 11.5. The molecule has 1 aromatic rings. The van der Waals surface area contributed by atoms with Gasteiger partial charge in [0.05, 0.1) is 12.1 Å². The van der Waals surface area contributed by atoms with Crippen LogP contribution >= 0.6 is 0 Å². The topological polar surface area (TPSA) is 64.4 Å². The first kappa shape index (κ1) is 16.5. The lowest BCUT2D eigenvalue weighted by atomic mass is 10.2. The van der Waals surface area contributed by atoms with E-state index in [1.807, 2.05) is 33.8 Å². The zero-order valence-electron chi connectivity index (χ0n) is 12.1. The fourth-order valence-corrected chi connectivity index (χ4v) is 1.20. The van der Waals surface area contributed by atoms with Crippen molar-refractivity contribution >= 4 is 6.09 Å². The Kier molecular flexibility index (Phi) is 7.83. The maximum absolute atomic E-state index is 11.3. The highest BCUT2D eigenvalue weighted by Gasteiger charge is 2.15. The molecule has 1 aromatic heterocycles. The van der Waals surface area contributed by atoms with Crippen molar-refractivity contribution in [3.63, 3.8) is 0 Å². The van der Waals surface area contributed by atoms with Gasteiger partial charge in [0.25, 0.3) is 0 Å². The molecule has 1 unspecified atom stereocenters. The minimum absolute atomic E-state index is 0.129. The summed E-state index contributed by atoms with van der Waals surface area (Å²) in [4.78, 5) is 11.3. The van der Waals surface area contributed by atoms with Gasteiger partial charge in [-0.2, -0.15) is 0 Å². The van der Waals surface area contributed by atoms with Crippen molar-refractivity contribution < 1.29 is 14.1 Å². The van der Waals surface area contributed by atoms with Gasteiger partial charge in [-0.25, -0.2) is 4.79 Å². The first-order valence-electron chi connectivity index (χ1n) is 6.45. The van der Waals surface area contributed by atoms with Gasteiger partial charge in [0.2, 0.25) is 0 Å². The molecule has 0 bridgehead atoms. The fourth-order valence-electron chi connectivity index (χ4n) is 1.20. The first-order chi connectivity index (χ1) is 8.52. The van der Waals surface area contributed by atoms with Crippen molar-refractivity contribution in [1.29, 1.82) is 0 Å². The third kappa shape index (κ3) is 5.70. The number of alkyl carbamates (subject to hydrolysis) is 1. The van der Waals surface area contributed by atoms with E-state index in [1.165, 1.54) is 0 Å². The minimum Gasteiger partial charge on any atom is -0.447 e. The zero-order chi connectivity index (χ0) is 14.1. The summed E-state index contributed by atoms with van der Waals surface area (Å²) in [6, 6.07) is 1.62. The predicted molar refractivity (Wildman–Crippen MR) is 70.4 cm³/mol. The van der Waals surface area contributed by atoms with Crippen LogP contribution < -0.4 is 5.32 Å². The van der Waals surface area contributed by atoms with Crippen LogP contribution in [0.3, 0.4) is 0 Å². The van der Waals surface area contributed by atoms with Crippen molar-refractivity contribution in [2.75, 3.05) is 0 Å². The summed E-state index contributed by atoms with van der Waals surface area (Å²) in [5.41, 5.74) is 0.706. The number of rotatable bonds is 4. The highest BCUT2D eigenvalue weighted by Crippen LogP contribution is 2.13. The molecule has 0 aliphatic rings. The number of carbonyl (C=O) groups is 1. The molecule has 0 saturated carbocycles. The third-order valence-electron chi connectivity index (χ3n) is 2.05. The quantitative estimate of drug-likeness (QED) is 0.896. The molecular weight excluding hydrogens is 232 g/mol. The van der Waals surface area contributed by atoms with Crippen LogP contribution in [0.5, 0.6) is 0 Å². The van der Waals surface area contributed by atoms with Crippen molar-refractivity contribution in [3.05, 3.63) is 17.5 Å². The van der Waals surface area contributed by atoms with Crippen LogP contribution in [0.1, 0.15) is 59.0 Å². The SMILES string of the molecule is CC.CCc1cc(C(C)NC(=O)OC(C)C)no1.